The minimum atomic E-state index is -1.09. The molecule has 31 heavy (non-hydrogen) atoms. The van der Waals surface area contributed by atoms with Crippen LogP contribution in [0.25, 0.3) is 0 Å². The van der Waals surface area contributed by atoms with Gasteiger partial charge in [0, 0.05) is 10.2 Å². The summed E-state index contributed by atoms with van der Waals surface area (Å²) in [6, 6.07) is 2.91. The van der Waals surface area contributed by atoms with Crippen LogP contribution in [0, 0.1) is 5.41 Å². The molecule has 0 radical (unpaired) electrons. The Morgan fingerprint density at radius 3 is 2.26 bits per heavy atom. The molecule has 3 rings (SSSR count). The molecule has 4 atom stereocenters. The van der Waals surface area contributed by atoms with Crippen molar-refractivity contribution in [2.24, 2.45) is 5.41 Å². The standard InChI is InChI=1S/C21H27N3O6S/c1-20(2,3)19(30)23-12(10-6-8-11(25)9-7-10)15(26)22-13-16(27)24-14(18(28)29)21(4,5)31-17(13)24/h6-9,12-14,17,25H,1-5H3,(H,22,26)(H,23,30)(H,28,29)/t12-,13-,14+,17-/m1/s1. The van der Waals surface area contributed by atoms with Crippen LogP contribution in [-0.4, -0.2) is 61.0 Å². The van der Waals surface area contributed by atoms with E-state index in [0.717, 1.165) is 0 Å². The minimum Gasteiger partial charge on any atom is -0.508 e. The first-order valence-electron chi connectivity index (χ1n) is 9.87. The third-order valence-electron chi connectivity index (χ3n) is 5.42. The van der Waals surface area contributed by atoms with Gasteiger partial charge in [-0.1, -0.05) is 32.9 Å². The maximum atomic E-state index is 13.1. The van der Waals surface area contributed by atoms with Gasteiger partial charge in [0.2, 0.25) is 17.7 Å². The summed E-state index contributed by atoms with van der Waals surface area (Å²) in [7, 11) is 0. The van der Waals surface area contributed by atoms with Crippen LogP contribution in [-0.2, 0) is 19.2 Å². The highest BCUT2D eigenvalue weighted by atomic mass is 32.2. The molecule has 0 saturated carbocycles. The summed E-state index contributed by atoms with van der Waals surface area (Å²) < 4.78 is -0.706. The molecular formula is C21H27N3O6S. The Bertz CT molecular complexity index is 924. The van der Waals surface area contributed by atoms with Gasteiger partial charge in [-0.2, -0.15) is 0 Å². The van der Waals surface area contributed by atoms with Crippen molar-refractivity contribution in [3.05, 3.63) is 29.8 Å². The maximum absolute atomic E-state index is 13.1. The third kappa shape index (κ3) is 4.21. The highest BCUT2D eigenvalue weighted by molar-refractivity contribution is 8.01. The van der Waals surface area contributed by atoms with Crippen molar-refractivity contribution in [1.82, 2.24) is 15.5 Å². The van der Waals surface area contributed by atoms with Gasteiger partial charge in [0.05, 0.1) is 0 Å². The number of rotatable bonds is 5. The minimum absolute atomic E-state index is 0.0131. The number of carbonyl (C=O) groups excluding carboxylic acids is 3. The van der Waals surface area contributed by atoms with E-state index in [4.69, 9.17) is 0 Å². The third-order valence-corrected chi connectivity index (χ3v) is 6.99. The Balaban J connectivity index is 1.81. The number of hydrogen-bond acceptors (Lipinski definition) is 6. The quantitative estimate of drug-likeness (QED) is 0.496. The van der Waals surface area contributed by atoms with Crippen molar-refractivity contribution in [1.29, 1.82) is 0 Å². The Labute approximate surface area is 184 Å². The number of thioether (sulfide) groups is 1. The lowest BCUT2D eigenvalue weighted by Crippen LogP contribution is -2.71. The molecule has 2 heterocycles. The highest BCUT2D eigenvalue weighted by Crippen LogP contribution is 2.50. The number of fused-ring (bicyclic) bond motifs is 1. The first-order valence-corrected chi connectivity index (χ1v) is 10.7. The number of aromatic hydroxyl groups is 1. The lowest BCUT2D eigenvalue weighted by Gasteiger charge is -2.44. The van der Waals surface area contributed by atoms with Crippen molar-refractivity contribution in [2.45, 2.75) is 62.9 Å². The van der Waals surface area contributed by atoms with Gasteiger partial charge in [0.1, 0.15) is 29.2 Å². The molecule has 2 fully saturated rings. The lowest BCUT2D eigenvalue weighted by atomic mass is 9.93. The second-order valence-electron chi connectivity index (χ2n) is 9.33. The fourth-order valence-corrected chi connectivity index (χ4v) is 5.32. The maximum Gasteiger partial charge on any atom is 0.327 e. The summed E-state index contributed by atoms with van der Waals surface area (Å²) in [5.74, 6) is -2.48. The largest absolute Gasteiger partial charge is 0.508 e. The number of benzene rings is 1. The number of nitrogens with one attached hydrogen (secondary N) is 2. The van der Waals surface area contributed by atoms with Gasteiger partial charge in [-0.05, 0) is 31.5 Å². The predicted octanol–water partition coefficient (Wildman–Crippen LogP) is 1.23. The van der Waals surface area contributed by atoms with Gasteiger partial charge in [-0.15, -0.1) is 11.8 Å². The fourth-order valence-electron chi connectivity index (χ4n) is 3.70. The van der Waals surface area contributed by atoms with E-state index in [1.54, 1.807) is 34.6 Å². The number of β-lactam (4-membered cyclic amide) rings is 1. The van der Waals surface area contributed by atoms with Gasteiger partial charge >= 0.3 is 5.97 Å². The molecule has 9 nitrogen and oxygen atoms in total. The molecule has 10 heteroatoms. The molecule has 0 aliphatic carbocycles. The van der Waals surface area contributed by atoms with Gasteiger partial charge in [-0.3, -0.25) is 14.4 Å². The number of amides is 3. The smallest absolute Gasteiger partial charge is 0.327 e. The predicted molar refractivity (Wildman–Crippen MR) is 114 cm³/mol. The number of aliphatic carboxylic acids is 1. The van der Waals surface area contributed by atoms with E-state index in [-0.39, 0.29) is 11.7 Å². The number of hydrogen-bond donors (Lipinski definition) is 4. The molecule has 3 amide bonds. The molecule has 2 saturated heterocycles. The number of carbonyl (C=O) groups is 4. The van der Waals surface area contributed by atoms with Crippen LogP contribution in [0.1, 0.15) is 46.2 Å². The topological polar surface area (TPSA) is 136 Å². The number of phenolic OH excluding ortho intramolecular Hbond substituents is 1. The van der Waals surface area contributed by atoms with E-state index in [2.05, 4.69) is 10.6 Å². The Morgan fingerprint density at radius 1 is 1.16 bits per heavy atom. The van der Waals surface area contributed by atoms with Crippen LogP contribution in [0.15, 0.2) is 24.3 Å². The summed E-state index contributed by atoms with van der Waals surface area (Å²) in [6.45, 7) is 8.65. The van der Waals surface area contributed by atoms with E-state index >= 15 is 0 Å². The average molecular weight is 450 g/mol. The van der Waals surface area contributed by atoms with Crippen molar-refractivity contribution >= 4 is 35.5 Å². The van der Waals surface area contributed by atoms with Gasteiger partial charge in [0.25, 0.3) is 0 Å². The Morgan fingerprint density at radius 2 is 1.74 bits per heavy atom. The molecule has 0 spiro atoms. The number of carboxylic acids is 1. The second-order valence-corrected chi connectivity index (χ2v) is 11.1. The number of nitrogens with zero attached hydrogens (tertiary/aromatic N) is 1. The molecule has 1 aromatic rings. The van der Waals surface area contributed by atoms with E-state index in [1.165, 1.54) is 40.9 Å². The van der Waals surface area contributed by atoms with Crippen molar-refractivity contribution in [2.75, 3.05) is 0 Å². The Kier molecular flexibility index (Phi) is 5.72. The monoisotopic (exact) mass is 449 g/mol. The summed E-state index contributed by atoms with van der Waals surface area (Å²) in [5.41, 5.74) is -0.308. The van der Waals surface area contributed by atoms with Gasteiger partial charge in [0.15, 0.2) is 0 Å². The first-order chi connectivity index (χ1) is 14.2. The highest BCUT2D eigenvalue weighted by Gasteiger charge is 2.64. The molecular weight excluding hydrogens is 422 g/mol. The van der Waals surface area contributed by atoms with Crippen LogP contribution >= 0.6 is 11.8 Å². The van der Waals surface area contributed by atoms with E-state index in [9.17, 15) is 29.4 Å². The molecule has 168 valence electrons. The lowest BCUT2D eigenvalue weighted by molar-refractivity contribution is -0.161. The zero-order valence-electron chi connectivity index (χ0n) is 18.0. The number of phenols is 1. The fraction of sp³-hybridized carbons (Fsp3) is 0.524. The van der Waals surface area contributed by atoms with Crippen LogP contribution in [0.3, 0.4) is 0 Å². The summed E-state index contributed by atoms with van der Waals surface area (Å²) in [6.07, 6.45) is 0. The first kappa shape index (κ1) is 22.9. The van der Waals surface area contributed by atoms with E-state index in [0.29, 0.717) is 5.56 Å². The Hall–Kier alpha value is -2.75. The van der Waals surface area contributed by atoms with Crippen LogP contribution in [0.2, 0.25) is 0 Å². The van der Waals surface area contributed by atoms with Crippen molar-refractivity contribution in [3.8, 4) is 5.75 Å². The summed E-state index contributed by atoms with van der Waals surface area (Å²) in [4.78, 5) is 51.3. The van der Waals surface area contributed by atoms with Gasteiger partial charge < -0.3 is 25.7 Å². The number of carboxylic acid groups (broad SMARTS) is 1. The van der Waals surface area contributed by atoms with Crippen LogP contribution < -0.4 is 10.6 Å². The summed E-state index contributed by atoms with van der Waals surface area (Å²) >= 11 is 1.32. The molecule has 0 aromatic heterocycles. The van der Waals surface area contributed by atoms with E-state index < -0.39 is 51.4 Å². The van der Waals surface area contributed by atoms with Gasteiger partial charge in [-0.25, -0.2) is 4.79 Å². The molecule has 1 aromatic carbocycles. The summed E-state index contributed by atoms with van der Waals surface area (Å²) in [5, 5.41) is 24.0. The second kappa shape index (κ2) is 7.74. The SMILES string of the molecule is CC(C)(C)C(=O)N[C@@H](C(=O)N[C@@H]1C(=O)N2[C@@H]1SC(C)(C)[C@@H]2C(=O)O)c1ccc(O)cc1. The van der Waals surface area contributed by atoms with Crippen molar-refractivity contribution < 1.29 is 29.4 Å². The van der Waals surface area contributed by atoms with Crippen LogP contribution in [0.5, 0.6) is 5.75 Å². The van der Waals surface area contributed by atoms with E-state index in [1.807, 2.05) is 0 Å². The zero-order chi connectivity index (χ0) is 23.3. The molecule has 2 aliphatic rings. The molecule has 2 aliphatic heterocycles. The zero-order valence-corrected chi connectivity index (χ0v) is 18.8. The molecule has 0 bridgehead atoms. The normalized spacial score (nSPS) is 25.3. The van der Waals surface area contributed by atoms with Crippen molar-refractivity contribution in [3.63, 3.8) is 0 Å². The molecule has 4 N–H and O–H groups in total. The van der Waals surface area contributed by atoms with Crippen LogP contribution in [0.4, 0.5) is 0 Å². The molecule has 0 unspecified atom stereocenters. The average Bonchev–Trinajstić information content (AvgIpc) is 2.92.